The molecule has 1 unspecified atom stereocenters. The van der Waals surface area contributed by atoms with Crippen LogP contribution in [-0.4, -0.2) is 55.9 Å². The van der Waals surface area contributed by atoms with Crippen molar-refractivity contribution in [2.45, 2.75) is 45.1 Å². The minimum Gasteiger partial charge on any atom is -0.469 e. The van der Waals surface area contributed by atoms with Gasteiger partial charge in [0.25, 0.3) is 0 Å². The third kappa shape index (κ3) is 5.88. The lowest BCUT2D eigenvalue weighted by molar-refractivity contribution is -0.142. The van der Waals surface area contributed by atoms with Gasteiger partial charge in [-0.1, -0.05) is 12.1 Å². The first-order chi connectivity index (χ1) is 13.2. The van der Waals surface area contributed by atoms with Crippen molar-refractivity contribution in [1.82, 2.24) is 4.90 Å². The van der Waals surface area contributed by atoms with Gasteiger partial charge in [-0.05, 0) is 44.9 Å². The van der Waals surface area contributed by atoms with Crippen LogP contribution in [0.15, 0.2) is 24.3 Å². The van der Waals surface area contributed by atoms with Crippen molar-refractivity contribution in [1.29, 1.82) is 5.26 Å². The van der Waals surface area contributed by atoms with Gasteiger partial charge in [0.1, 0.15) is 5.60 Å². The zero-order chi connectivity index (χ0) is 20.7. The summed E-state index contributed by atoms with van der Waals surface area (Å²) in [7, 11) is 1.36. The van der Waals surface area contributed by atoms with E-state index in [1.807, 2.05) is 45.0 Å². The van der Waals surface area contributed by atoms with Gasteiger partial charge in [-0.25, -0.2) is 4.79 Å². The molecule has 0 aromatic heterocycles. The topological polar surface area (TPSA) is 82.9 Å². The van der Waals surface area contributed by atoms with Gasteiger partial charge in [-0.2, -0.15) is 5.26 Å². The van der Waals surface area contributed by atoms with Crippen molar-refractivity contribution in [3.63, 3.8) is 0 Å². The lowest BCUT2D eigenvalue weighted by atomic mass is 9.94. The molecule has 1 aliphatic heterocycles. The first kappa shape index (κ1) is 21.5. The molecule has 1 aromatic carbocycles. The Bertz CT molecular complexity index is 711. The van der Waals surface area contributed by atoms with Crippen LogP contribution in [0.5, 0.6) is 0 Å². The second-order valence-electron chi connectivity index (χ2n) is 7.82. The number of amides is 1. The van der Waals surface area contributed by atoms with Crippen LogP contribution in [0, 0.1) is 11.3 Å². The number of methoxy groups -OCH3 is 1. The van der Waals surface area contributed by atoms with Crippen LogP contribution in [-0.2, 0) is 14.3 Å². The molecule has 1 amide bonds. The van der Waals surface area contributed by atoms with Crippen molar-refractivity contribution in [2.24, 2.45) is 0 Å². The largest absolute Gasteiger partial charge is 0.469 e. The molecule has 2 rings (SSSR count). The van der Waals surface area contributed by atoms with E-state index in [1.54, 1.807) is 4.90 Å². The van der Waals surface area contributed by atoms with E-state index in [1.165, 1.54) is 7.11 Å². The van der Waals surface area contributed by atoms with Gasteiger partial charge in [-0.3, -0.25) is 4.79 Å². The van der Waals surface area contributed by atoms with E-state index in [2.05, 4.69) is 11.0 Å². The van der Waals surface area contributed by atoms with Gasteiger partial charge in [-0.15, -0.1) is 0 Å². The molecule has 1 saturated heterocycles. The fourth-order valence-electron chi connectivity index (χ4n) is 3.16. The quantitative estimate of drug-likeness (QED) is 0.721. The van der Waals surface area contributed by atoms with Crippen LogP contribution >= 0.6 is 0 Å². The summed E-state index contributed by atoms with van der Waals surface area (Å²) in [5.74, 6) is -0.753. The average molecular weight is 387 g/mol. The number of nitrogens with zero attached hydrogens (tertiary/aromatic N) is 3. The van der Waals surface area contributed by atoms with Crippen molar-refractivity contribution in [3.05, 3.63) is 29.8 Å². The first-order valence-corrected chi connectivity index (χ1v) is 9.53. The molecule has 7 nitrogen and oxygen atoms in total. The van der Waals surface area contributed by atoms with Crippen LogP contribution in [0.2, 0.25) is 0 Å². The second-order valence-corrected chi connectivity index (χ2v) is 7.82. The zero-order valence-corrected chi connectivity index (χ0v) is 17.1. The summed E-state index contributed by atoms with van der Waals surface area (Å²) in [4.78, 5) is 28.1. The lowest BCUT2D eigenvalue weighted by Crippen LogP contribution is -2.50. The van der Waals surface area contributed by atoms with E-state index in [-0.39, 0.29) is 12.1 Å². The number of rotatable bonds is 5. The third-order valence-corrected chi connectivity index (χ3v) is 4.62. The van der Waals surface area contributed by atoms with Crippen LogP contribution in [0.3, 0.4) is 0 Å². The minimum atomic E-state index is -0.494. The highest BCUT2D eigenvalue weighted by Gasteiger charge is 2.26. The molecule has 0 N–H and O–H groups in total. The smallest absolute Gasteiger partial charge is 0.410 e. The standard InChI is InChI=1S/C21H29N3O4/c1-21(2,3)28-20(26)24-14-12-23(13-15-24)17-9-7-16(8-10-17)18(6-5-11-22)19(25)27-4/h7-10,18H,5-6,12-15H2,1-4H3. The number of carbonyl (C=O) groups is 2. The summed E-state index contributed by atoms with van der Waals surface area (Å²) >= 11 is 0. The molecule has 0 bridgehead atoms. The van der Waals surface area contributed by atoms with Crippen LogP contribution in [0.1, 0.15) is 45.1 Å². The Morgan fingerprint density at radius 1 is 1.14 bits per heavy atom. The van der Waals surface area contributed by atoms with E-state index in [4.69, 9.17) is 14.7 Å². The molecular weight excluding hydrogens is 358 g/mol. The number of hydrogen-bond acceptors (Lipinski definition) is 6. The number of hydrogen-bond donors (Lipinski definition) is 0. The SMILES string of the molecule is COC(=O)C(CCC#N)c1ccc(N2CCN(C(=O)OC(C)(C)C)CC2)cc1. The summed E-state index contributed by atoms with van der Waals surface area (Å²) in [6.07, 6.45) is 0.464. The van der Waals surface area contributed by atoms with Gasteiger partial charge in [0.2, 0.25) is 0 Å². The zero-order valence-electron chi connectivity index (χ0n) is 17.1. The molecule has 1 aromatic rings. The molecule has 0 aliphatic carbocycles. The first-order valence-electron chi connectivity index (χ1n) is 9.53. The molecular formula is C21H29N3O4. The molecule has 0 saturated carbocycles. The number of benzene rings is 1. The Kier molecular flexibility index (Phi) is 7.27. The van der Waals surface area contributed by atoms with Crippen molar-refractivity contribution in [3.8, 4) is 6.07 Å². The predicted octanol–water partition coefficient (Wildman–Crippen LogP) is 3.30. The van der Waals surface area contributed by atoms with Gasteiger partial charge in [0.15, 0.2) is 0 Å². The highest BCUT2D eigenvalue weighted by molar-refractivity contribution is 5.78. The number of anilines is 1. The fourth-order valence-corrected chi connectivity index (χ4v) is 3.16. The normalized spacial score (nSPS) is 15.5. The summed E-state index contributed by atoms with van der Waals surface area (Å²) < 4.78 is 10.3. The molecule has 0 spiro atoms. The Labute approximate surface area is 166 Å². The number of ether oxygens (including phenoxy) is 2. The summed E-state index contributed by atoms with van der Waals surface area (Å²) in [5, 5.41) is 8.81. The average Bonchev–Trinajstić information content (AvgIpc) is 2.67. The number of carbonyl (C=O) groups excluding carboxylic acids is 2. The van der Waals surface area contributed by atoms with Crippen molar-refractivity contribution in [2.75, 3.05) is 38.2 Å². The Balaban J connectivity index is 1.98. The Hall–Kier alpha value is -2.75. The molecule has 28 heavy (non-hydrogen) atoms. The van der Waals surface area contributed by atoms with Gasteiger partial charge < -0.3 is 19.3 Å². The minimum absolute atomic E-state index is 0.277. The van der Waals surface area contributed by atoms with Crippen LogP contribution in [0.25, 0.3) is 0 Å². The van der Waals surface area contributed by atoms with E-state index < -0.39 is 11.5 Å². The third-order valence-electron chi connectivity index (χ3n) is 4.62. The van der Waals surface area contributed by atoms with Crippen molar-refractivity contribution < 1.29 is 19.1 Å². The second kappa shape index (κ2) is 9.45. The van der Waals surface area contributed by atoms with Crippen molar-refractivity contribution >= 4 is 17.7 Å². The monoisotopic (exact) mass is 387 g/mol. The molecule has 0 radical (unpaired) electrons. The molecule has 7 heteroatoms. The van der Waals surface area contributed by atoms with E-state index in [0.717, 1.165) is 11.3 Å². The lowest BCUT2D eigenvalue weighted by Gasteiger charge is -2.36. The van der Waals surface area contributed by atoms with Crippen LogP contribution < -0.4 is 4.90 Å². The molecule has 152 valence electrons. The van der Waals surface area contributed by atoms with Gasteiger partial charge in [0, 0.05) is 38.3 Å². The molecule has 1 heterocycles. The van der Waals surface area contributed by atoms with E-state index >= 15 is 0 Å². The fraction of sp³-hybridized carbons (Fsp3) is 0.571. The Morgan fingerprint density at radius 3 is 2.25 bits per heavy atom. The maximum absolute atomic E-state index is 12.2. The molecule has 1 atom stereocenters. The Morgan fingerprint density at radius 2 is 1.75 bits per heavy atom. The number of piperazine rings is 1. The maximum Gasteiger partial charge on any atom is 0.410 e. The van der Waals surface area contributed by atoms with E-state index in [0.29, 0.717) is 39.0 Å². The van der Waals surface area contributed by atoms with E-state index in [9.17, 15) is 9.59 Å². The highest BCUT2D eigenvalue weighted by atomic mass is 16.6. The number of esters is 1. The number of nitriles is 1. The summed E-state index contributed by atoms with van der Waals surface area (Å²) in [6.45, 7) is 8.22. The van der Waals surface area contributed by atoms with Gasteiger partial charge in [0.05, 0.1) is 19.1 Å². The highest BCUT2D eigenvalue weighted by Crippen LogP contribution is 2.26. The summed E-state index contributed by atoms with van der Waals surface area (Å²) in [6, 6.07) is 9.85. The summed E-state index contributed by atoms with van der Waals surface area (Å²) in [5.41, 5.74) is 1.39. The van der Waals surface area contributed by atoms with Gasteiger partial charge >= 0.3 is 12.1 Å². The van der Waals surface area contributed by atoms with Crippen LogP contribution in [0.4, 0.5) is 10.5 Å². The maximum atomic E-state index is 12.2. The predicted molar refractivity (Wildman–Crippen MR) is 106 cm³/mol. The molecule has 1 aliphatic rings. The molecule has 1 fully saturated rings.